The van der Waals surface area contributed by atoms with E-state index >= 15 is 0 Å². The minimum atomic E-state index is -0.323. The fourth-order valence-corrected chi connectivity index (χ4v) is 5.32. The zero-order chi connectivity index (χ0) is 23.8. The molecule has 178 valence electrons. The van der Waals surface area contributed by atoms with Crippen LogP contribution in [0.15, 0.2) is 42.5 Å². The molecule has 3 heterocycles. The lowest BCUT2D eigenvalue weighted by molar-refractivity contribution is -0.121. The third-order valence-corrected chi connectivity index (χ3v) is 7.51. The number of benzene rings is 2. The number of carbonyl (C=O) groups is 3. The third kappa shape index (κ3) is 4.27. The minimum absolute atomic E-state index is 0.00124. The van der Waals surface area contributed by atoms with Gasteiger partial charge in [-0.1, -0.05) is 42.0 Å². The van der Waals surface area contributed by atoms with Crippen LogP contribution < -0.4 is 5.73 Å². The summed E-state index contributed by atoms with van der Waals surface area (Å²) in [6.45, 7) is 6.08. The lowest BCUT2D eigenvalue weighted by atomic mass is 9.89. The first-order valence-corrected chi connectivity index (χ1v) is 12.2. The average molecular weight is 461 g/mol. The largest absolute Gasteiger partial charge is 0.369 e. The molecule has 0 spiro atoms. The van der Waals surface area contributed by atoms with Gasteiger partial charge in [0.25, 0.3) is 5.91 Å². The summed E-state index contributed by atoms with van der Waals surface area (Å²) in [7, 11) is 0. The molecule has 3 aliphatic rings. The van der Waals surface area contributed by atoms with E-state index in [-0.39, 0.29) is 23.8 Å². The number of likely N-dealkylation sites (tertiary alicyclic amines) is 3. The maximum absolute atomic E-state index is 13.1. The molecule has 0 bridgehead atoms. The van der Waals surface area contributed by atoms with E-state index in [0.29, 0.717) is 38.5 Å². The van der Waals surface area contributed by atoms with E-state index in [9.17, 15) is 14.4 Å². The van der Waals surface area contributed by atoms with Crippen molar-refractivity contribution in [2.45, 2.75) is 32.1 Å². The highest BCUT2D eigenvalue weighted by Gasteiger charge is 2.37. The van der Waals surface area contributed by atoms with E-state index in [1.54, 1.807) is 4.90 Å². The molecule has 2 aromatic rings. The molecule has 34 heavy (non-hydrogen) atoms. The van der Waals surface area contributed by atoms with Crippen molar-refractivity contribution >= 4 is 17.8 Å². The number of amides is 4. The summed E-state index contributed by atoms with van der Waals surface area (Å²) >= 11 is 0. The van der Waals surface area contributed by atoms with E-state index < -0.39 is 0 Å². The second-order valence-corrected chi connectivity index (χ2v) is 9.89. The van der Waals surface area contributed by atoms with Gasteiger partial charge in [0.05, 0.1) is 5.92 Å². The van der Waals surface area contributed by atoms with Crippen LogP contribution in [0.3, 0.4) is 0 Å². The van der Waals surface area contributed by atoms with Gasteiger partial charge in [0, 0.05) is 50.7 Å². The van der Waals surface area contributed by atoms with Gasteiger partial charge in [-0.15, -0.1) is 0 Å². The van der Waals surface area contributed by atoms with Crippen molar-refractivity contribution in [2.75, 3.05) is 39.3 Å². The van der Waals surface area contributed by atoms with Gasteiger partial charge in [0.2, 0.25) is 5.91 Å². The average Bonchev–Trinajstić information content (AvgIpc) is 3.51. The molecule has 0 unspecified atom stereocenters. The highest BCUT2D eigenvalue weighted by molar-refractivity contribution is 6.01. The van der Waals surface area contributed by atoms with Gasteiger partial charge in [-0.05, 0) is 48.9 Å². The molecular formula is C27H32N4O3. The molecule has 0 aromatic heterocycles. The molecule has 7 nitrogen and oxygen atoms in total. The van der Waals surface area contributed by atoms with Crippen LogP contribution >= 0.6 is 0 Å². The van der Waals surface area contributed by atoms with Crippen LogP contribution in [0.25, 0.3) is 11.1 Å². The Balaban J connectivity index is 1.25. The summed E-state index contributed by atoms with van der Waals surface area (Å²) < 4.78 is 0. The molecule has 0 radical (unpaired) electrons. The second kappa shape index (κ2) is 9.12. The summed E-state index contributed by atoms with van der Waals surface area (Å²) in [6, 6.07) is 14.5. The summed E-state index contributed by atoms with van der Waals surface area (Å²) in [5.41, 5.74) is 10.4. The Kier molecular flexibility index (Phi) is 6.02. The molecule has 3 fully saturated rings. The van der Waals surface area contributed by atoms with Crippen molar-refractivity contribution in [3.05, 3.63) is 59.2 Å². The Labute approximate surface area is 200 Å². The van der Waals surface area contributed by atoms with Crippen LogP contribution in [-0.4, -0.2) is 71.8 Å². The number of aryl methyl sites for hydroxylation is 1. The van der Waals surface area contributed by atoms with Crippen molar-refractivity contribution in [3.63, 3.8) is 0 Å². The number of nitrogens with zero attached hydrogens (tertiary/aromatic N) is 3. The Morgan fingerprint density at radius 1 is 0.853 bits per heavy atom. The molecule has 3 aliphatic heterocycles. The first kappa shape index (κ1) is 22.4. The van der Waals surface area contributed by atoms with E-state index in [4.69, 9.17) is 5.73 Å². The highest BCUT2D eigenvalue weighted by atomic mass is 16.2. The fourth-order valence-electron chi connectivity index (χ4n) is 5.32. The second-order valence-electron chi connectivity index (χ2n) is 9.89. The van der Waals surface area contributed by atoms with Crippen molar-refractivity contribution < 1.29 is 14.4 Å². The Bertz CT molecular complexity index is 1100. The quantitative estimate of drug-likeness (QED) is 0.760. The topological polar surface area (TPSA) is 87.0 Å². The van der Waals surface area contributed by atoms with Crippen LogP contribution in [0.1, 0.15) is 46.7 Å². The monoisotopic (exact) mass is 460 g/mol. The summed E-state index contributed by atoms with van der Waals surface area (Å²) in [5, 5.41) is 0. The Morgan fingerprint density at radius 2 is 1.56 bits per heavy atom. The minimum Gasteiger partial charge on any atom is -0.369 e. The lowest BCUT2D eigenvalue weighted by Gasteiger charge is -2.41. The molecule has 3 saturated heterocycles. The summed E-state index contributed by atoms with van der Waals surface area (Å²) in [4.78, 5) is 42.8. The van der Waals surface area contributed by atoms with Crippen molar-refractivity contribution in [1.29, 1.82) is 0 Å². The maximum atomic E-state index is 13.1. The first-order chi connectivity index (χ1) is 16.4. The molecule has 5 rings (SSSR count). The van der Waals surface area contributed by atoms with Gasteiger partial charge in [0.15, 0.2) is 0 Å². The van der Waals surface area contributed by atoms with E-state index in [2.05, 4.69) is 30.3 Å². The van der Waals surface area contributed by atoms with Crippen LogP contribution in [0.4, 0.5) is 4.79 Å². The number of carbonyl (C=O) groups excluding carboxylic acids is 3. The van der Waals surface area contributed by atoms with E-state index in [0.717, 1.165) is 48.2 Å². The number of rotatable bonds is 4. The fraction of sp³-hybridized carbons (Fsp3) is 0.444. The summed E-state index contributed by atoms with van der Waals surface area (Å²) in [5.74, 6) is -0.126. The molecule has 0 saturated carbocycles. The van der Waals surface area contributed by atoms with Crippen molar-refractivity contribution in [1.82, 2.24) is 14.7 Å². The molecule has 0 aliphatic carbocycles. The standard InChI is InChI=1S/C27H32N4O3/c1-18-4-9-23(24(14-18)26(33)29-11-2-3-12-29)20-7-5-19(6-8-20)22-16-31(17-22)27(34)30-13-10-21(15-30)25(28)32/h4-9,14,21-22H,2-3,10-13,15-17H2,1H3,(H2,28,32)/t21-/m0/s1. The zero-order valence-corrected chi connectivity index (χ0v) is 19.7. The van der Waals surface area contributed by atoms with Crippen LogP contribution in [-0.2, 0) is 4.79 Å². The molecular weight excluding hydrogens is 428 g/mol. The van der Waals surface area contributed by atoms with Gasteiger partial charge in [-0.25, -0.2) is 4.79 Å². The van der Waals surface area contributed by atoms with E-state index in [1.807, 2.05) is 28.9 Å². The number of nitrogens with two attached hydrogens (primary N) is 1. The van der Waals surface area contributed by atoms with Gasteiger partial charge in [-0.3, -0.25) is 9.59 Å². The molecule has 2 aromatic carbocycles. The van der Waals surface area contributed by atoms with Crippen LogP contribution in [0.5, 0.6) is 0 Å². The smallest absolute Gasteiger partial charge is 0.320 e. The van der Waals surface area contributed by atoms with Gasteiger partial charge >= 0.3 is 6.03 Å². The predicted molar refractivity (Wildman–Crippen MR) is 130 cm³/mol. The zero-order valence-electron chi connectivity index (χ0n) is 19.7. The highest BCUT2D eigenvalue weighted by Crippen LogP contribution is 2.32. The van der Waals surface area contributed by atoms with Crippen molar-refractivity contribution in [2.24, 2.45) is 11.7 Å². The molecule has 1 atom stereocenters. The van der Waals surface area contributed by atoms with Gasteiger partial charge in [0.1, 0.15) is 0 Å². The molecule has 2 N–H and O–H groups in total. The normalized spacial score (nSPS) is 20.5. The Morgan fingerprint density at radius 3 is 2.21 bits per heavy atom. The maximum Gasteiger partial charge on any atom is 0.320 e. The summed E-state index contributed by atoms with van der Waals surface area (Å²) in [6.07, 6.45) is 2.80. The Hall–Kier alpha value is -3.35. The van der Waals surface area contributed by atoms with E-state index in [1.165, 1.54) is 5.56 Å². The van der Waals surface area contributed by atoms with Gasteiger partial charge < -0.3 is 20.4 Å². The predicted octanol–water partition coefficient (Wildman–Crippen LogP) is 3.22. The number of primary amides is 1. The van der Waals surface area contributed by atoms with Crippen molar-refractivity contribution in [3.8, 4) is 11.1 Å². The number of urea groups is 1. The van der Waals surface area contributed by atoms with Gasteiger partial charge in [-0.2, -0.15) is 0 Å². The SMILES string of the molecule is Cc1ccc(-c2ccc(C3CN(C(=O)N4CC[C@H](C(N)=O)C4)C3)cc2)c(C(=O)N2CCCC2)c1. The number of hydrogen-bond donors (Lipinski definition) is 1. The molecule has 4 amide bonds. The van der Waals surface area contributed by atoms with Crippen LogP contribution in [0.2, 0.25) is 0 Å². The third-order valence-electron chi connectivity index (χ3n) is 7.51. The lowest BCUT2D eigenvalue weighted by Crippen LogP contribution is -2.53. The molecule has 7 heteroatoms. The first-order valence-electron chi connectivity index (χ1n) is 12.2. The number of hydrogen-bond acceptors (Lipinski definition) is 3. The van der Waals surface area contributed by atoms with Crippen LogP contribution in [0, 0.1) is 12.8 Å².